The van der Waals surface area contributed by atoms with E-state index in [1.165, 1.54) is 0 Å². The van der Waals surface area contributed by atoms with Crippen LogP contribution in [0.4, 0.5) is 4.39 Å². The lowest BCUT2D eigenvalue weighted by molar-refractivity contribution is 0.0607. The van der Waals surface area contributed by atoms with Crippen LogP contribution < -0.4 is 5.32 Å². The van der Waals surface area contributed by atoms with Gasteiger partial charge in [0.15, 0.2) is 0 Å². The van der Waals surface area contributed by atoms with E-state index in [1.807, 2.05) is 0 Å². The first-order valence-electron chi connectivity index (χ1n) is 7.33. The molecule has 0 aliphatic rings. The molecule has 0 spiro atoms. The Kier molecular flexibility index (Phi) is 8.12. The summed E-state index contributed by atoms with van der Waals surface area (Å²) >= 11 is 5.85. The first-order valence-corrected chi connectivity index (χ1v) is 7.70. The first kappa shape index (κ1) is 17.4. The molecular weight excluding hydrogens is 277 g/mol. The number of hydrogen-bond acceptors (Lipinski definition) is 2. The SMILES string of the molecule is CCCNC(Cc1cccc(Cl)c1F)C(CCC)OC. The number of rotatable bonds is 9. The van der Waals surface area contributed by atoms with Crippen molar-refractivity contribution in [3.63, 3.8) is 0 Å². The summed E-state index contributed by atoms with van der Waals surface area (Å²) in [4.78, 5) is 0. The molecule has 2 nitrogen and oxygen atoms in total. The lowest BCUT2D eigenvalue weighted by Gasteiger charge is -2.27. The third kappa shape index (κ3) is 5.04. The number of halogens is 2. The van der Waals surface area contributed by atoms with Crippen molar-refractivity contribution in [1.82, 2.24) is 5.32 Å². The third-order valence-corrected chi connectivity index (χ3v) is 3.74. The van der Waals surface area contributed by atoms with Crippen molar-refractivity contribution in [3.05, 3.63) is 34.6 Å². The summed E-state index contributed by atoms with van der Waals surface area (Å²) < 4.78 is 19.6. The van der Waals surface area contributed by atoms with Crippen LogP contribution in [0, 0.1) is 5.82 Å². The molecule has 0 saturated carbocycles. The molecule has 114 valence electrons. The van der Waals surface area contributed by atoms with Gasteiger partial charge in [-0.2, -0.15) is 0 Å². The highest BCUT2D eigenvalue weighted by atomic mass is 35.5. The molecule has 0 amide bonds. The molecule has 0 aromatic heterocycles. The van der Waals surface area contributed by atoms with Crippen LogP contribution in [0.3, 0.4) is 0 Å². The van der Waals surface area contributed by atoms with Crippen LogP contribution in [-0.2, 0) is 11.2 Å². The van der Waals surface area contributed by atoms with Crippen LogP contribution in [0.1, 0.15) is 38.7 Å². The Hall–Kier alpha value is -0.640. The molecule has 1 N–H and O–H groups in total. The molecule has 0 aliphatic carbocycles. The van der Waals surface area contributed by atoms with Crippen LogP contribution in [0.5, 0.6) is 0 Å². The third-order valence-electron chi connectivity index (χ3n) is 3.45. The van der Waals surface area contributed by atoms with Gasteiger partial charge < -0.3 is 10.1 Å². The van der Waals surface area contributed by atoms with Gasteiger partial charge in [0.05, 0.1) is 11.1 Å². The summed E-state index contributed by atoms with van der Waals surface area (Å²) in [5.74, 6) is -0.316. The van der Waals surface area contributed by atoms with Crippen molar-refractivity contribution < 1.29 is 9.13 Å². The molecule has 4 heteroatoms. The summed E-state index contributed by atoms with van der Waals surface area (Å²) in [5.41, 5.74) is 0.643. The summed E-state index contributed by atoms with van der Waals surface area (Å²) in [6, 6.07) is 5.27. The van der Waals surface area contributed by atoms with Gasteiger partial charge in [-0.25, -0.2) is 4.39 Å². The largest absolute Gasteiger partial charge is 0.380 e. The van der Waals surface area contributed by atoms with Crippen LogP contribution in [0.2, 0.25) is 5.02 Å². The zero-order valence-corrected chi connectivity index (χ0v) is 13.3. The smallest absolute Gasteiger partial charge is 0.145 e. The molecule has 0 fully saturated rings. The van der Waals surface area contributed by atoms with Gasteiger partial charge in [0, 0.05) is 13.2 Å². The van der Waals surface area contributed by atoms with Crippen molar-refractivity contribution in [2.45, 2.75) is 51.7 Å². The lowest BCUT2D eigenvalue weighted by Crippen LogP contribution is -2.43. The average Bonchev–Trinajstić information content (AvgIpc) is 2.45. The first-order chi connectivity index (χ1) is 9.63. The highest BCUT2D eigenvalue weighted by Gasteiger charge is 2.22. The van der Waals surface area contributed by atoms with Crippen molar-refractivity contribution in [1.29, 1.82) is 0 Å². The maximum Gasteiger partial charge on any atom is 0.145 e. The van der Waals surface area contributed by atoms with Crippen molar-refractivity contribution in [2.24, 2.45) is 0 Å². The summed E-state index contributed by atoms with van der Waals surface area (Å²) in [7, 11) is 1.72. The number of nitrogens with one attached hydrogen (secondary N) is 1. The number of benzene rings is 1. The zero-order chi connectivity index (χ0) is 15.0. The predicted octanol–water partition coefficient (Wildman–Crippen LogP) is 4.20. The van der Waals surface area contributed by atoms with Crippen LogP contribution >= 0.6 is 11.6 Å². The van der Waals surface area contributed by atoms with E-state index in [2.05, 4.69) is 19.2 Å². The summed E-state index contributed by atoms with van der Waals surface area (Å²) in [5, 5.41) is 3.65. The molecule has 1 rings (SSSR count). The number of hydrogen-bond donors (Lipinski definition) is 1. The maximum atomic E-state index is 14.0. The van der Waals surface area contributed by atoms with E-state index in [1.54, 1.807) is 25.3 Å². The van der Waals surface area contributed by atoms with E-state index in [-0.39, 0.29) is 23.0 Å². The Morgan fingerprint density at radius 1 is 1.30 bits per heavy atom. The number of ether oxygens (including phenoxy) is 1. The second-order valence-electron chi connectivity index (χ2n) is 5.04. The molecule has 0 bridgehead atoms. The quantitative estimate of drug-likeness (QED) is 0.738. The number of methoxy groups -OCH3 is 1. The maximum absolute atomic E-state index is 14.0. The normalized spacial score (nSPS) is 14.2. The molecule has 1 aromatic carbocycles. The Morgan fingerprint density at radius 2 is 2.05 bits per heavy atom. The molecular formula is C16H25ClFNO. The van der Waals surface area contributed by atoms with Gasteiger partial charge in [0.2, 0.25) is 0 Å². The second-order valence-corrected chi connectivity index (χ2v) is 5.45. The fraction of sp³-hybridized carbons (Fsp3) is 0.625. The molecule has 0 heterocycles. The Bertz CT molecular complexity index is 400. The Morgan fingerprint density at radius 3 is 2.65 bits per heavy atom. The molecule has 0 aliphatic heterocycles. The van der Waals surface area contributed by atoms with Crippen molar-refractivity contribution >= 4 is 11.6 Å². The molecule has 0 radical (unpaired) electrons. The van der Waals surface area contributed by atoms with E-state index < -0.39 is 0 Å². The van der Waals surface area contributed by atoms with E-state index in [0.29, 0.717) is 12.0 Å². The summed E-state index contributed by atoms with van der Waals surface area (Å²) in [6.07, 6.45) is 3.72. The highest BCUT2D eigenvalue weighted by Crippen LogP contribution is 2.21. The van der Waals surface area contributed by atoms with E-state index in [0.717, 1.165) is 25.8 Å². The molecule has 2 unspecified atom stereocenters. The summed E-state index contributed by atoms with van der Waals surface area (Å²) in [6.45, 7) is 5.14. The molecule has 0 saturated heterocycles. The lowest BCUT2D eigenvalue weighted by atomic mass is 9.97. The average molecular weight is 302 g/mol. The van der Waals surface area contributed by atoms with Gasteiger partial charge in [-0.3, -0.25) is 0 Å². The van der Waals surface area contributed by atoms with Crippen LogP contribution in [0.15, 0.2) is 18.2 Å². The van der Waals surface area contributed by atoms with E-state index >= 15 is 0 Å². The van der Waals surface area contributed by atoms with Gasteiger partial charge in [-0.1, -0.05) is 44.0 Å². The predicted molar refractivity (Wildman–Crippen MR) is 82.9 cm³/mol. The van der Waals surface area contributed by atoms with Crippen molar-refractivity contribution in [2.75, 3.05) is 13.7 Å². The van der Waals surface area contributed by atoms with Crippen LogP contribution in [0.25, 0.3) is 0 Å². The zero-order valence-electron chi connectivity index (χ0n) is 12.6. The topological polar surface area (TPSA) is 21.3 Å². The fourth-order valence-electron chi connectivity index (χ4n) is 2.38. The Balaban J connectivity index is 2.84. The van der Waals surface area contributed by atoms with Gasteiger partial charge in [0.1, 0.15) is 5.82 Å². The van der Waals surface area contributed by atoms with Gasteiger partial charge in [-0.05, 0) is 37.4 Å². The fourth-order valence-corrected chi connectivity index (χ4v) is 2.57. The van der Waals surface area contributed by atoms with Crippen molar-refractivity contribution in [3.8, 4) is 0 Å². The van der Waals surface area contributed by atoms with Gasteiger partial charge in [-0.15, -0.1) is 0 Å². The van der Waals surface area contributed by atoms with E-state index in [4.69, 9.17) is 16.3 Å². The highest BCUT2D eigenvalue weighted by molar-refractivity contribution is 6.30. The standard InChI is InChI=1S/C16H25ClFNO/c1-4-7-15(20-3)14(19-10-5-2)11-12-8-6-9-13(17)16(12)18/h6,8-9,14-15,19H,4-5,7,10-11H2,1-3H3. The molecule has 1 aromatic rings. The molecule has 2 atom stereocenters. The second kappa shape index (κ2) is 9.32. The minimum absolute atomic E-state index is 0.0879. The minimum Gasteiger partial charge on any atom is -0.380 e. The minimum atomic E-state index is -0.316. The van der Waals surface area contributed by atoms with Gasteiger partial charge in [0.25, 0.3) is 0 Å². The van der Waals surface area contributed by atoms with Crippen LogP contribution in [-0.4, -0.2) is 25.8 Å². The van der Waals surface area contributed by atoms with Gasteiger partial charge >= 0.3 is 0 Å². The monoisotopic (exact) mass is 301 g/mol. The van der Waals surface area contributed by atoms with E-state index in [9.17, 15) is 4.39 Å². The molecule has 20 heavy (non-hydrogen) atoms. The Labute approximate surface area is 126 Å².